The second-order valence-electron chi connectivity index (χ2n) is 4.99. The highest BCUT2D eigenvalue weighted by atomic mass is 16.1. The molecular weight excluding hydrogens is 188 g/mol. The van der Waals surface area contributed by atoms with E-state index in [0.717, 1.165) is 0 Å². The molecule has 1 aliphatic rings. The largest absolute Gasteiger partial charge is 0.353 e. The molecule has 1 aliphatic carbocycles. The van der Waals surface area contributed by atoms with Gasteiger partial charge in [-0.1, -0.05) is 19.8 Å². The van der Waals surface area contributed by atoms with Crippen LogP contribution in [0.4, 0.5) is 0 Å². The standard InChI is InChI=1S/C12H24N2O/c1-8(9(2)13)12(15)14-10(3)11-6-4-5-7-11/h8-11H,4-7,13H2,1-3H3,(H,14,15)/t8?,9?,10-/m0/s1. The Balaban J connectivity index is 2.36. The van der Waals surface area contributed by atoms with E-state index in [2.05, 4.69) is 12.2 Å². The number of rotatable bonds is 4. The van der Waals surface area contributed by atoms with Crippen molar-refractivity contribution >= 4 is 5.91 Å². The fourth-order valence-corrected chi connectivity index (χ4v) is 2.17. The first-order valence-corrected chi connectivity index (χ1v) is 6.08. The fourth-order valence-electron chi connectivity index (χ4n) is 2.17. The number of carbonyl (C=O) groups excluding carboxylic acids is 1. The molecule has 3 atom stereocenters. The van der Waals surface area contributed by atoms with Crippen molar-refractivity contribution in [1.29, 1.82) is 0 Å². The van der Waals surface area contributed by atoms with Gasteiger partial charge in [-0.3, -0.25) is 4.79 Å². The van der Waals surface area contributed by atoms with E-state index in [1.54, 1.807) is 0 Å². The van der Waals surface area contributed by atoms with Crippen molar-refractivity contribution in [2.75, 3.05) is 0 Å². The molecule has 1 amide bonds. The quantitative estimate of drug-likeness (QED) is 0.744. The first kappa shape index (κ1) is 12.5. The van der Waals surface area contributed by atoms with Crippen molar-refractivity contribution in [3.8, 4) is 0 Å². The van der Waals surface area contributed by atoms with E-state index < -0.39 is 0 Å². The third-order valence-corrected chi connectivity index (χ3v) is 3.68. The van der Waals surface area contributed by atoms with Gasteiger partial charge in [0.1, 0.15) is 0 Å². The molecule has 0 aromatic carbocycles. The van der Waals surface area contributed by atoms with Crippen LogP contribution in [0.15, 0.2) is 0 Å². The van der Waals surface area contributed by atoms with Crippen LogP contribution in [0.5, 0.6) is 0 Å². The van der Waals surface area contributed by atoms with E-state index in [1.165, 1.54) is 25.7 Å². The van der Waals surface area contributed by atoms with Crippen molar-refractivity contribution in [3.63, 3.8) is 0 Å². The van der Waals surface area contributed by atoms with Crippen molar-refractivity contribution in [1.82, 2.24) is 5.32 Å². The van der Waals surface area contributed by atoms with Gasteiger partial charge in [-0.05, 0) is 32.6 Å². The summed E-state index contributed by atoms with van der Waals surface area (Å²) in [5.74, 6) is 0.687. The Morgan fingerprint density at radius 1 is 1.27 bits per heavy atom. The number of amides is 1. The van der Waals surface area contributed by atoms with E-state index in [1.807, 2.05) is 13.8 Å². The van der Waals surface area contributed by atoms with Gasteiger partial charge in [-0.15, -0.1) is 0 Å². The maximum Gasteiger partial charge on any atom is 0.224 e. The van der Waals surface area contributed by atoms with Crippen LogP contribution in [-0.4, -0.2) is 18.0 Å². The lowest BCUT2D eigenvalue weighted by Crippen LogP contribution is -2.44. The fraction of sp³-hybridized carbons (Fsp3) is 0.917. The van der Waals surface area contributed by atoms with Crippen LogP contribution >= 0.6 is 0 Å². The minimum Gasteiger partial charge on any atom is -0.353 e. The van der Waals surface area contributed by atoms with Crippen molar-refractivity contribution < 1.29 is 4.79 Å². The monoisotopic (exact) mass is 212 g/mol. The molecule has 1 rings (SSSR count). The Hall–Kier alpha value is -0.570. The van der Waals surface area contributed by atoms with Gasteiger partial charge in [0.25, 0.3) is 0 Å². The summed E-state index contributed by atoms with van der Waals surface area (Å²) in [6.45, 7) is 5.88. The summed E-state index contributed by atoms with van der Waals surface area (Å²) in [5, 5.41) is 3.08. The highest BCUT2D eigenvalue weighted by Gasteiger charge is 2.25. The van der Waals surface area contributed by atoms with Gasteiger partial charge >= 0.3 is 0 Å². The second kappa shape index (κ2) is 5.50. The highest BCUT2D eigenvalue weighted by molar-refractivity contribution is 5.79. The van der Waals surface area contributed by atoms with E-state index in [-0.39, 0.29) is 17.9 Å². The van der Waals surface area contributed by atoms with Gasteiger partial charge in [0.05, 0.1) is 0 Å². The molecule has 15 heavy (non-hydrogen) atoms. The molecule has 0 radical (unpaired) electrons. The normalized spacial score (nSPS) is 23.5. The highest BCUT2D eigenvalue weighted by Crippen LogP contribution is 2.27. The average Bonchev–Trinajstić information content (AvgIpc) is 2.68. The maximum absolute atomic E-state index is 11.8. The molecule has 0 aromatic rings. The average molecular weight is 212 g/mol. The second-order valence-corrected chi connectivity index (χ2v) is 4.99. The predicted molar refractivity (Wildman–Crippen MR) is 62.4 cm³/mol. The van der Waals surface area contributed by atoms with Gasteiger partial charge in [-0.2, -0.15) is 0 Å². The first-order valence-electron chi connectivity index (χ1n) is 6.08. The molecule has 1 saturated carbocycles. The van der Waals surface area contributed by atoms with Gasteiger partial charge in [-0.25, -0.2) is 0 Å². The first-order chi connectivity index (χ1) is 7.02. The number of hydrogen-bond acceptors (Lipinski definition) is 2. The summed E-state index contributed by atoms with van der Waals surface area (Å²) in [6.07, 6.45) is 5.14. The smallest absolute Gasteiger partial charge is 0.224 e. The van der Waals surface area contributed by atoms with Crippen molar-refractivity contribution in [2.45, 2.75) is 58.5 Å². The Morgan fingerprint density at radius 3 is 2.27 bits per heavy atom. The number of hydrogen-bond donors (Lipinski definition) is 2. The molecule has 1 fully saturated rings. The molecule has 3 N–H and O–H groups in total. The topological polar surface area (TPSA) is 55.1 Å². The molecule has 88 valence electrons. The molecular formula is C12H24N2O. The molecule has 0 bridgehead atoms. The number of carbonyl (C=O) groups is 1. The lowest BCUT2D eigenvalue weighted by molar-refractivity contribution is -0.125. The molecule has 3 nitrogen and oxygen atoms in total. The lowest BCUT2D eigenvalue weighted by Gasteiger charge is -2.23. The van der Waals surface area contributed by atoms with Crippen molar-refractivity contribution in [3.05, 3.63) is 0 Å². The van der Waals surface area contributed by atoms with E-state index >= 15 is 0 Å². The Bertz CT molecular complexity index is 210. The number of nitrogens with one attached hydrogen (secondary N) is 1. The maximum atomic E-state index is 11.8. The molecule has 0 aromatic heterocycles. The summed E-state index contributed by atoms with van der Waals surface area (Å²) in [6, 6.07) is 0.238. The Labute approximate surface area is 92.8 Å². The van der Waals surface area contributed by atoms with E-state index in [9.17, 15) is 4.79 Å². The van der Waals surface area contributed by atoms with E-state index in [4.69, 9.17) is 5.73 Å². The summed E-state index contributed by atoms with van der Waals surface area (Å²) in [7, 11) is 0. The Kier molecular flexibility index (Phi) is 4.58. The third-order valence-electron chi connectivity index (χ3n) is 3.68. The summed E-state index contributed by atoms with van der Waals surface area (Å²) in [5.41, 5.74) is 5.71. The molecule has 0 spiro atoms. The van der Waals surface area contributed by atoms with Crippen LogP contribution in [0, 0.1) is 11.8 Å². The molecule has 3 heteroatoms. The van der Waals surface area contributed by atoms with Crippen molar-refractivity contribution in [2.24, 2.45) is 17.6 Å². The lowest BCUT2D eigenvalue weighted by atomic mass is 9.97. The minimum absolute atomic E-state index is 0.0687. The zero-order valence-electron chi connectivity index (χ0n) is 10.1. The van der Waals surface area contributed by atoms with Gasteiger partial charge < -0.3 is 11.1 Å². The number of nitrogens with two attached hydrogens (primary N) is 1. The molecule has 2 unspecified atom stereocenters. The van der Waals surface area contributed by atoms with Gasteiger partial charge in [0.2, 0.25) is 5.91 Å². The SMILES string of the molecule is CC(N)C(C)C(=O)N[C@@H](C)C1CCCC1. The van der Waals surface area contributed by atoms with E-state index in [0.29, 0.717) is 12.0 Å². The van der Waals surface area contributed by atoms with Crippen LogP contribution < -0.4 is 11.1 Å². The van der Waals surface area contributed by atoms with Crippen LogP contribution in [0.3, 0.4) is 0 Å². The molecule has 0 aliphatic heterocycles. The van der Waals surface area contributed by atoms with Crippen LogP contribution in [0.25, 0.3) is 0 Å². The summed E-state index contributed by atoms with van der Waals surface area (Å²) < 4.78 is 0. The zero-order valence-corrected chi connectivity index (χ0v) is 10.1. The van der Waals surface area contributed by atoms with Gasteiger partial charge in [0.15, 0.2) is 0 Å². The third kappa shape index (κ3) is 3.49. The van der Waals surface area contributed by atoms with Crippen LogP contribution in [-0.2, 0) is 4.79 Å². The van der Waals surface area contributed by atoms with Crippen LogP contribution in [0.2, 0.25) is 0 Å². The Morgan fingerprint density at radius 2 is 1.80 bits per heavy atom. The minimum atomic E-state index is -0.0890. The summed E-state index contributed by atoms with van der Waals surface area (Å²) >= 11 is 0. The van der Waals surface area contributed by atoms with Gasteiger partial charge in [0, 0.05) is 18.0 Å². The van der Waals surface area contributed by atoms with Crippen LogP contribution in [0.1, 0.15) is 46.5 Å². The zero-order chi connectivity index (χ0) is 11.4. The predicted octanol–water partition coefficient (Wildman–Crippen LogP) is 1.66. The summed E-state index contributed by atoms with van der Waals surface area (Å²) in [4.78, 5) is 11.8. The molecule has 0 heterocycles. The molecule has 0 saturated heterocycles.